The summed E-state index contributed by atoms with van der Waals surface area (Å²) in [5.74, 6) is 0.237. The van der Waals surface area contributed by atoms with Gasteiger partial charge in [0, 0.05) is 37.8 Å². The van der Waals surface area contributed by atoms with E-state index >= 15 is 0 Å². The van der Waals surface area contributed by atoms with E-state index < -0.39 is 0 Å². The minimum Gasteiger partial charge on any atom is -0.309 e. The number of rotatable bonds is 8. The maximum Gasteiger partial charge on any atom is 0.227 e. The van der Waals surface area contributed by atoms with Crippen LogP contribution in [0.4, 0.5) is 0 Å². The van der Waals surface area contributed by atoms with E-state index in [-0.39, 0.29) is 11.9 Å². The van der Waals surface area contributed by atoms with Crippen LogP contribution >= 0.6 is 0 Å². The van der Waals surface area contributed by atoms with Crippen LogP contribution < -0.4 is 0 Å². The molecule has 0 aromatic rings. The quantitative estimate of drug-likeness (QED) is 0.369. The Hall–Kier alpha value is -2.39. The summed E-state index contributed by atoms with van der Waals surface area (Å²) in [6.45, 7) is 24.7. The van der Waals surface area contributed by atoms with Crippen LogP contribution in [0.5, 0.6) is 0 Å². The summed E-state index contributed by atoms with van der Waals surface area (Å²) >= 11 is 0. The summed E-state index contributed by atoms with van der Waals surface area (Å²) < 4.78 is 0. The molecule has 0 radical (unpaired) electrons. The molecule has 0 aromatic heterocycles. The highest BCUT2D eigenvalue weighted by atomic mass is 16.2. The van der Waals surface area contributed by atoms with E-state index in [1.807, 2.05) is 63.0 Å². The van der Waals surface area contributed by atoms with Crippen molar-refractivity contribution in [1.82, 2.24) is 9.80 Å². The number of hydrogen-bond donors (Lipinski definition) is 0. The maximum atomic E-state index is 12.7. The summed E-state index contributed by atoms with van der Waals surface area (Å²) in [6, 6.07) is 0.274. The van der Waals surface area contributed by atoms with Gasteiger partial charge in [-0.1, -0.05) is 95.5 Å². The van der Waals surface area contributed by atoms with Crippen LogP contribution in [0.3, 0.4) is 0 Å². The van der Waals surface area contributed by atoms with Crippen LogP contribution in [-0.2, 0) is 4.79 Å². The zero-order valence-electron chi connectivity index (χ0n) is 21.3. The number of amides is 1. The first-order valence-corrected chi connectivity index (χ1v) is 12.2. The monoisotopic (exact) mass is 438 g/mol. The molecule has 0 aromatic carbocycles. The third kappa shape index (κ3) is 9.82. The standard InChI is InChI=1S/C25H34N2O.2C2H6/c1-5-8-9-12-21(4)15-18-26-19-16-23(17-20-26)27-24(11-7-3)22(10-6-2)13-14-25(27)28;2*1-2/h5-12,23H,1-3,13-20H2,4H3;2*1-2H3/b9-8-,21-12+,22-10-,24-11+;;. The largest absolute Gasteiger partial charge is 0.309 e. The highest BCUT2D eigenvalue weighted by molar-refractivity contribution is 5.82. The van der Waals surface area contributed by atoms with Crippen LogP contribution in [0.1, 0.15) is 66.7 Å². The van der Waals surface area contributed by atoms with Crippen molar-refractivity contribution in [2.45, 2.75) is 72.8 Å². The molecule has 2 aliphatic heterocycles. The molecule has 178 valence electrons. The van der Waals surface area contributed by atoms with Gasteiger partial charge in [-0.15, -0.1) is 0 Å². The molecule has 0 N–H and O–H groups in total. The zero-order chi connectivity index (χ0) is 24.4. The Bertz CT molecular complexity index is 701. The number of allylic oxidation sites excluding steroid dienone is 9. The number of likely N-dealkylation sites (tertiary alicyclic amines) is 2. The van der Waals surface area contributed by atoms with Crippen LogP contribution in [-0.4, -0.2) is 41.4 Å². The molecule has 32 heavy (non-hydrogen) atoms. The Morgan fingerprint density at radius 1 is 0.938 bits per heavy atom. The molecule has 0 bridgehead atoms. The van der Waals surface area contributed by atoms with E-state index in [0.717, 1.165) is 51.0 Å². The van der Waals surface area contributed by atoms with E-state index in [1.165, 1.54) is 11.1 Å². The molecule has 0 atom stereocenters. The van der Waals surface area contributed by atoms with E-state index in [4.69, 9.17) is 0 Å². The van der Waals surface area contributed by atoms with Gasteiger partial charge in [-0.3, -0.25) is 4.79 Å². The smallest absolute Gasteiger partial charge is 0.227 e. The van der Waals surface area contributed by atoms with Crippen molar-refractivity contribution < 1.29 is 4.79 Å². The molecule has 2 rings (SSSR count). The molecule has 2 saturated heterocycles. The lowest BCUT2D eigenvalue weighted by Crippen LogP contribution is -2.48. The topological polar surface area (TPSA) is 23.6 Å². The SMILES string of the molecule is C=C/C=C\C=C(/C)CCN1CCC(N2C(=O)CCC(=C/C=C)/C2=C\C=C)CC1.CC.CC. The van der Waals surface area contributed by atoms with Crippen LogP contribution in [0.2, 0.25) is 0 Å². The van der Waals surface area contributed by atoms with Crippen molar-refractivity contribution in [2.24, 2.45) is 0 Å². The Labute approximate surface area is 198 Å². The highest BCUT2D eigenvalue weighted by Gasteiger charge is 2.33. The zero-order valence-corrected chi connectivity index (χ0v) is 21.3. The third-order valence-corrected chi connectivity index (χ3v) is 5.43. The summed E-state index contributed by atoms with van der Waals surface area (Å²) in [7, 11) is 0. The first kappa shape index (κ1) is 29.6. The van der Waals surface area contributed by atoms with E-state index in [1.54, 1.807) is 12.2 Å². The van der Waals surface area contributed by atoms with Gasteiger partial charge in [-0.25, -0.2) is 0 Å². The lowest BCUT2D eigenvalue weighted by Gasteiger charge is -2.42. The predicted octanol–water partition coefficient (Wildman–Crippen LogP) is 7.39. The molecular formula is C29H46N2O. The van der Waals surface area contributed by atoms with Crippen molar-refractivity contribution >= 4 is 5.91 Å². The Morgan fingerprint density at radius 3 is 2.12 bits per heavy atom. The average Bonchev–Trinajstić information content (AvgIpc) is 2.83. The summed E-state index contributed by atoms with van der Waals surface area (Å²) in [5, 5.41) is 0. The van der Waals surface area contributed by atoms with Gasteiger partial charge in [0.2, 0.25) is 5.91 Å². The second-order valence-corrected chi connectivity index (χ2v) is 7.44. The van der Waals surface area contributed by atoms with Crippen LogP contribution in [0, 0.1) is 0 Å². The lowest BCUT2D eigenvalue weighted by molar-refractivity contribution is -0.132. The molecule has 3 nitrogen and oxygen atoms in total. The molecule has 2 fully saturated rings. The minimum absolute atomic E-state index is 0.237. The second-order valence-electron chi connectivity index (χ2n) is 7.44. The fourth-order valence-electron chi connectivity index (χ4n) is 3.91. The normalized spacial score (nSPS) is 20.5. The Morgan fingerprint density at radius 2 is 1.56 bits per heavy atom. The molecular weight excluding hydrogens is 392 g/mol. The van der Waals surface area contributed by atoms with Crippen molar-refractivity contribution in [3.8, 4) is 0 Å². The molecule has 0 aliphatic carbocycles. The van der Waals surface area contributed by atoms with Crippen molar-refractivity contribution in [3.05, 3.63) is 85.2 Å². The minimum atomic E-state index is 0.237. The second kappa shape index (κ2) is 18.2. The van der Waals surface area contributed by atoms with Gasteiger partial charge < -0.3 is 9.80 Å². The maximum absolute atomic E-state index is 12.7. The first-order valence-electron chi connectivity index (χ1n) is 12.2. The van der Waals surface area contributed by atoms with Gasteiger partial charge in [0.25, 0.3) is 0 Å². The summed E-state index contributed by atoms with van der Waals surface area (Å²) in [6.07, 6.45) is 20.0. The number of carbonyl (C=O) groups excluding carboxylic acids is 1. The first-order chi connectivity index (χ1) is 15.6. The number of nitrogens with zero attached hydrogens (tertiary/aromatic N) is 2. The fourth-order valence-corrected chi connectivity index (χ4v) is 3.91. The predicted molar refractivity (Wildman–Crippen MR) is 143 cm³/mol. The van der Waals surface area contributed by atoms with Crippen LogP contribution in [0.15, 0.2) is 85.2 Å². The van der Waals surface area contributed by atoms with Gasteiger partial charge in [0.15, 0.2) is 0 Å². The molecule has 0 saturated carbocycles. The number of carbonyl (C=O) groups is 1. The van der Waals surface area contributed by atoms with E-state index in [2.05, 4.69) is 37.6 Å². The van der Waals surface area contributed by atoms with Gasteiger partial charge in [-0.05, 0) is 44.3 Å². The molecule has 2 heterocycles. The van der Waals surface area contributed by atoms with Gasteiger partial charge >= 0.3 is 0 Å². The van der Waals surface area contributed by atoms with E-state index in [0.29, 0.717) is 6.42 Å². The third-order valence-electron chi connectivity index (χ3n) is 5.43. The van der Waals surface area contributed by atoms with Crippen molar-refractivity contribution in [1.29, 1.82) is 0 Å². The van der Waals surface area contributed by atoms with Crippen molar-refractivity contribution in [3.63, 3.8) is 0 Å². The van der Waals surface area contributed by atoms with Crippen LogP contribution in [0.25, 0.3) is 0 Å². The Kier molecular flexibility index (Phi) is 16.8. The summed E-state index contributed by atoms with van der Waals surface area (Å²) in [5.41, 5.74) is 3.57. The number of piperidine rings is 2. The average molecular weight is 439 g/mol. The van der Waals surface area contributed by atoms with Gasteiger partial charge in [0.1, 0.15) is 0 Å². The van der Waals surface area contributed by atoms with Gasteiger partial charge in [0.05, 0.1) is 0 Å². The van der Waals surface area contributed by atoms with Gasteiger partial charge in [-0.2, -0.15) is 0 Å². The number of hydrogen-bond acceptors (Lipinski definition) is 2. The summed E-state index contributed by atoms with van der Waals surface area (Å²) in [4.78, 5) is 17.3. The molecule has 0 unspecified atom stereocenters. The molecule has 2 aliphatic rings. The van der Waals surface area contributed by atoms with E-state index in [9.17, 15) is 4.79 Å². The Balaban J connectivity index is 0.00000227. The molecule has 0 spiro atoms. The molecule has 1 amide bonds. The lowest BCUT2D eigenvalue weighted by atomic mass is 9.93. The molecule has 3 heteroatoms. The highest BCUT2D eigenvalue weighted by Crippen LogP contribution is 2.32. The van der Waals surface area contributed by atoms with Crippen molar-refractivity contribution in [2.75, 3.05) is 19.6 Å². The fraction of sp³-hybridized carbons (Fsp3) is 0.483.